The lowest BCUT2D eigenvalue weighted by Crippen LogP contribution is -2.51. The van der Waals surface area contributed by atoms with E-state index in [1.54, 1.807) is 12.1 Å². The molecule has 1 saturated carbocycles. The van der Waals surface area contributed by atoms with Gasteiger partial charge in [-0.3, -0.25) is 4.90 Å². The number of aromatic amines is 1. The maximum absolute atomic E-state index is 13.9. The minimum Gasteiger partial charge on any atom is -0.368 e. The summed E-state index contributed by atoms with van der Waals surface area (Å²) in [5, 5.41) is 2.43. The van der Waals surface area contributed by atoms with E-state index in [9.17, 15) is 4.39 Å². The van der Waals surface area contributed by atoms with E-state index in [2.05, 4.69) is 56.9 Å². The molecule has 1 aliphatic carbocycles. The van der Waals surface area contributed by atoms with Crippen LogP contribution in [0, 0.1) is 5.82 Å². The Kier molecular flexibility index (Phi) is 4.94. The molecule has 1 N–H and O–H groups in total. The summed E-state index contributed by atoms with van der Waals surface area (Å²) in [5.74, 6) is 0.413. The van der Waals surface area contributed by atoms with Crippen LogP contribution < -0.4 is 4.90 Å². The van der Waals surface area contributed by atoms with Gasteiger partial charge < -0.3 is 14.5 Å². The normalized spacial score (nSPS) is 22.8. The van der Waals surface area contributed by atoms with Crippen molar-refractivity contribution in [2.75, 3.05) is 31.1 Å². The highest BCUT2D eigenvalue weighted by atomic mass is 19.1. The summed E-state index contributed by atoms with van der Waals surface area (Å²) in [6.45, 7) is 4.45. The molecule has 0 unspecified atom stereocenters. The lowest BCUT2D eigenvalue weighted by atomic mass is 9.81. The number of piperazine rings is 1. The minimum absolute atomic E-state index is 0.133. The van der Waals surface area contributed by atoms with Crippen LogP contribution in [-0.4, -0.2) is 46.7 Å². The molecule has 1 aliphatic heterocycles. The number of aryl methyl sites for hydroxylation is 1. The molecule has 166 valence electrons. The van der Waals surface area contributed by atoms with E-state index in [0.717, 1.165) is 37.1 Å². The lowest BCUT2D eigenvalue weighted by Gasteiger charge is -2.42. The molecular formula is C27H31FN4. The van der Waals surface area contributed by atoms with Crippen LogP contribution in [0.3, 0.4) is 0 Å². The van der Waals surface area contributed by atoms with E-state index >= 15 is 0 Å². The molecule has 4 nitrogen and oxygen atoms in total. The Morgan fingerprint density at radius 3 is 2.53 bits per heavy atom. The van der Waals surface area contributed by atoms with Gasteiger partial charge >= 0.3 is 0 Å². The number of halogens is 1. The van der Waals surface area contributed by atoms with Gasteiger partial charge in [0.2, 0.25) is 0 Å². The third-order valence-electron chi connectivity index (χ3n) is 7.86. The fourth-order valence-corrected chi connectivity index (χ4v) is 6.14. The maximum Gasteiger partial charge on any atom is 0.123 e. The molecule has 2 aromatic carbocycles. The zero-order valence-electron chi connectivity index (χ0n) is 18.7. The predicted molar refractivity (Wildman–Crippen MR) is 130 cm³/mol. The van der Waals surface area contributed by atoms with Gasteiger partial charge in [0.1, 0.15) is 5.82 Å². The topological polar surface area (TPSA) is 27.2 Å². The molecule has 2 fully saturated rings. The van der Waals surface area contributed by atoms with Crippen molar-refractivity contribution < 1.29 is 4.39 Å². The first-order valence-corrected chi connectivity index (χ1v) is 12.0. The number of rotatable bonds is 3. The summed E-state index contributed by atoms with van der Waals surface area (Å²) < 4.78 is 16.1. The zero-order chi connectivity index (χ0) is 21.7. The molecule has 1 saturated heterocycles. The van der Waals surface area contributed by atoms with Crippen LogP contribution in [0.1, 0.15) is 37.2 Å². The SMILES string of the molecule is Cn1cc(C2CCC(N3CCN(c4cccc5[nH]ccc45)CC3)CC2)c2cc(F)ccc21. The van der Waals surface area contributed by atoms with Crippen molar-refractivity contribution in [2.24, 2.45) is 7.05 Å². The maximum atomic E-state index is 13.9. The third kappa shape index (κ3) is 3.39. The predicted octanol–water partition coefficient (Wildman–Crippen LogP) is 5.65. The van der Waals surface area contributed by atoms with E-state index in [4.69, 9.17) is 0 Å². The van der Waals surface area contributed by atoms with Crippen molar-refractivity contribution >= 4 is 27.5 Å². The van der Waals surface area contributed by atoms with E-state index in [0.29, 0.717) is 12.0 Å². The Hall–Kier alpha value is -2.79. The average molecular weight is 431 g/mol. The van der Waals surface area contributed by atoms with Crippen molar-refractivity contribution in [3.05, 3.63) is 66.2 Å². The van der Waals surface area contributed by atoms with E-state index in [1.807, 2.05) is 12.3 Å². The standard InChI is InChI=1S/C27H31FN4/c1-30-18-24(23-17-20(28)7-10-26(23)30)19-5-8-21(9-6-19)31-13-15-32(16-14-31)27-4-2-3-25-22(27)11-12-29-25/h2-4,7,10-12,17-19,21,29H,5-6,8-9,13-16H2,1H3. The van der Waals surface area contributed by atoms with E-state index < -0.39 is 0 Å². The van der Waals surface area contributed by atoms with Gasteiger partial charge in [-0.1, -0.05) is 6.07 Å². The second-order valence-corrected chi connectivity index (χ2v) is 9.60. The van der Waals surface area contributed by atoms with Gasteiger partial charge in [-0.15, -0.1) is 0 Å². The molecule has 6 rings (SSSR count). The van der Waals surface area contributed by atoms with E-state index in [1.165, 1.54) is 47.8 Å². The molecule has 5 heteroatoms. The smallest absolute Gasteiger partial charge is 0.123 e. The Morgan fingerprint density at radius 1 is 0.906 bits per heavy atom. The molecule has 2 aromatic heterocycles. The number of aromatic nitrogens is 2. The number of benzene rings is 2. The molecule has 3 heterocycles. The van der Waals surface area contributed by atoms with Crippen LogP contribution in [0.25, 0.3) is 21.8 Å². The van der Waals surface area contributed by atoms with Gasteiger partial charge in [0.15, 0.2) is 0 Å². The fraction of sp³-hybridized carbons (Fsp3) is 0.407. The molecular weight excluding hydrogens is 399 g/mol. The third-order valence-corrected chi connectivity index (χ3v) is 7.86. The molecule has 2 aliphatic rings. The number of fused-ring (bicyclic) bond motifs is 2. The molecule has 4 aromatic rings. The van der Waals surface area contributed by atoms with Gasteiger partial charge in [0, 0.05) is 79.2 Å². The zero-order valence-corrected chi connectivity index (χ0v) is 18.7. The molecule has 0 atom stereocenters. The Balaban J connectivity index is 1.10. The number of hydrogen-bond acceptors (Lipinski definition) is 2. The second-order valence-electron chi connectivity index (χ2n) is 9.60. The summed E-state index contributed by atoms with van der Waals surface area (Å²) in [6, 6.07) is 14.6. The minimum atomic E-state index is -0.133. The van der Waals surface area contributed by atoms with Crippen molar-refractivity contribution in [2.45, 2.75) is 37.6 Å². The van der Waals surface area contributed by atoms with Gasteiger partial charge in [-0.25, -0.2) is 4.39 Å². The average Bonchev–Trinajstić information content (AvgIpc) is 3.44. The van der Waals surface area contributed by atoms with Crippen LogP contribution in [0.2, 0.25) is 0 Å². The Morgan fingerprint density at radius 2 is 1.72 bits per heavy atom. The summed E-state index contributed by atoms with van der Waals surface area (Å²) in [6.07, 6.45) is 9.14. The quantitative estimate of drug-likeness (QED) is 0.455. The number of nitrogens with one attached hydrogen (secondary N) is 1. The van der Waals surface area contributed by atoms with E-state index in [-0.39, 0.29) is 5.82 Å². The van der Waals surface area contributed by atoms with Crippen LogP contribution in [0.4, 0.5) is 10.1 Å². The number of anilines is 1. The molecule has 0 spiro atoms. The summed E-state index contributed by atoms with van der Waals surface area (Å²) in [7, 11) is 2.07. The number of hydrogen-bond donors (Lipinski definition) is 1. The first kappa shape index (κ1) is 19.9. The van der Waals surface area contributed by atoms with Gasteiger partial charge in [-0.05, 0) is 73.6 Å². The Bertz CT molecular complexity index is 1240. The molecule has 0 amide bonds. The first-order valence-electron chi connectivity index (χ1n) is 12.0. The van der Waals surface area contributed by atoms with Crippen molar-refractivity contribution in [3.63, 3.8) is 0 Å². The van der Waals surface area contributed by atoms with Crippen LogP contribution in [0.5, 0.6) is 0 Å². The summed E-state index contributed by atoms with van der Waals surface area (Å²) >= 11 is 0. The Labute approximate surface area is 188 Å². The van der Waals surface area contributed by atoms with Gasteiger partial charge in [0.05, 0.1) is 0 Å². The largest absolute Gasteiger partial charge is 0.368 e. The van der Waals surface area contributed by atoms with Gasteiger partial charge in [-0.2, -0.15) is 0 Å². The van der Waals surface area contributed by atoms with Crippen molar-refractivity contribution in [1.82, 2.24) is 14.5 Å². The highest BCUT2D eigenvalue weighted by Crippen LogP contribution is 2.39. The van der Waals surface area contributed by atoms with Crippen LogP contribution in [0.15, 0.2) is 54.9 Å². The van der Waals surface area contributed by atoms with Crippen molar-refractivity contribution in [3.8, 4) is 0 Å². The fourth-order valence-electron chi connectivity index (χ4n) is 6.14. The highest BCUT2D eigenvalue weighted by molar-refractivity contribution is 5.92. The number of nitrogens with zero attached hydrogens (tertiary/aromatic N) is 3. The van der Waals surface area contributed by atoms with Gasteiger partial charge in [0.25, 0.3) is 0 Å². The second kappa shape index (κ2) is 7.96. The molecule has 0 bridgehead atoms. The highest BCUT2D eigenvalue weighted by Gasteiger charge is 2.30. The first-order chi connectivity index (χ1) is 15.7. The molecule has 32 heavy (non-hydrogen) atoms. The lowest BCUT2D eigenvalue weighted by molar-refractivity contribution is 0.141. The molecule has 0 radical (unpaired) electrons. The monoisotopic (exact) mass is 430 g/mol. The summed E-state index contributed by atoms with van der Waals surface area (Å²) in [4.78, 5) is 8.59. The van der Waals surface area contributed by atoms with Crippen LogP contribution in [-0.2, 0) is 7.05 Å². The van der Waals surface area contributed by atoms with Crippen LogP contribution >= 0.6 is 0 Å². The summed E-state index contributed by atoms with van der Waals surface area (Å²) in [5.41, 5.74) is 5.05. The number of H-pyrrole nitrogens is 1. The van der Waals surface area contributed by atoms with Crippen molar-refractivity contribution in [1.29, 1.82) is 0 Å².